The van der Waals surface area contributed by atoms with Crippen LogP contribution in [-0.4, -0.2) is 42.4 Å². The Morgan fingerprint density at radius 1 is 1.07 bits per heavy atom. The zero-order valence-electron chi connectivity index (χ0n) is 21.4. The number of rotatable bonds is 8. The molecule has 0 aliphatic carbocycles. The molecular formula is C27H20Cl2N4O8. The maximum absolute atomic E-state index is 13.1. The van der Waals surface area contributed by atoms with Crippen LogP contribution in [-0.2, 0) is 14.4 Å². The molecular weight excluding hydrogens is 579 g/mol. The van der Waals surface area contributed by atoms with Gasteiger partial charge in [0, 0.05) is 22.8 Å². The van der Waals surface area contributed by atoms with E-state index in [2.05, 4.69) is 10.6 Å². The highest BCUT2D eigenvalue weighted by molar-refractivity contribution is 6.39. The predicted molar refractivity (Wildman–Crippen MR) is 150 cm³/mol. The summed E-state index contributed by atoms with van der Waals surface area (Å²) in [6, 6.07) is 11.5. The molecule has 4 rings (SSSR count). The van der Waals surface area contributed by atoms with E-state index in [1.165, 1.54) is 37.5 Å². The number of nitrogens with one attached hydrogen (secondary N) is 2. The number of aryl methyl sites for hydroxylation is 1. The van der Waals surface area contributed by atoms with Crippen molar-refractivity contribution in [3.05, 3.63) is 91.5 Å². The van der Waals surface area contributed by atoms with Gasteiger partial charge in [0.15, 0.2) is 18.1 Å². The third-order valence-corrected chi connectivity index (χ3v) is 6.47. The Morgan fingerprint density at radius 3 is 2.41 bits per heavy atom. The van der Waals surface area contributed by atoms with E-state index in [0.717, 1.165) is 17.7 Å². The van der Waals surface area contributed by atoms with Gasteiger partial charge in [0.25, 0.3) is 23.4 Å². The molecule has 41 heavy (non-hydrogen) atoms. The van der Waals surface area contributed by atoms with Gasteiger partial charge in [0.2, 0.25) is 0 Å². The number of hydrogen-bond donors (Lipinski definition) is 2. The van der Waals surface area contributed by atoms with Gasteiger partial charge in [-0.1, -0.05) is 29.3 Å². The van der Waals surface area contributed by atoms with Crippen LogP contribution in [0, 0.1) is 17.0 Å². The minimum absolute atomic E-state index is 0.00866. The van der Waals surface area contributed by atoms with Gasteiger partial charge >= 0.3 is 6.03 Å². The highest BCUT2D eigenvalue weighted by Gasteiger charge is 2.37. The van der Waals surface area contributed by atoms with E-state index in [1.54, 1.807) is 18.2 Å². The largest absolute Gasteiger partial charge is 0.493 e. The van der Waals surface area contributed by atoms with E-state index in [9.17, 15) is 29.3 Å². The summed E-state index contributed by atoms with van der Waals surface area (Å²) in [4.78, 5) is 61.5. The van der Waals surface area contributed by atoms with Crippen molar-refractivity contribution in [2.45, 2.75) is 6.92 Å². The number of non-ortho nitro benzene ring substituents is 1. The van der Waals surface area contributed by atoms with Gasteiger partial charge in [-0.25, -0.2) is 9.69 Å². The minimum atomic E-state index is -1.02. The average molecular weight is 599 g/mol. The minimum Gasteiger partial charge on any atom is -0.493 e. The Morgan fingerprint density at radius 2 is 1.78 bits per heavy atom. The third-order valence-electron chi connectivity index (χ3n) is 5.79. The van der Waals surface area contributed by atoms with Gasteiger partial charge < -0.3 is 14.8 Å². The number of anilines is 2. The Labute approximate surface area is 242 Å². The number of urea groups is 1. The highest BCUT2D eigenvalue weighted by atomic mass is 35.5. The Bertz CT molecular complexity index is 1620. The molecule has 2 N–H and O–H groups in total. The SMILES string of the molecule is COc1cc(/C=C2/C(=O)NC(=O)N(c3ccc([N+](=O)[O-])cc3)C2=O)cc(Cl)c1OCC(=O)Nc1ccc(C)c(Cl)c1. The number of imide groups is 2. The standard InChI is InChI=1S/C27H20Cl2N4O8/c1-14-3-4-16(12-20(14)28)30-23(34)13-41-24-21(29)10-15(11-22(24)40-2)9-19-25(35)31-27(37)32(26(19)36)17-5-7-18(8-6-17)33(38)39/h3-12H,13H2,1-2H3,(H,30,34)(H,31,35,37)/b19-9-. The van der Waals surface area contributed by atoms with E-state index in [-0.39, 0.29) is 33.5 Å². The van der Waals surface area contributed by atoms with E-state index >= 15 is 0 Å². The van der Waals surface area contributed by atoms with Gasteiger partial charge in [-0.3, -0.25) is 29.8 Å². The molecule has 1 saturated heterocycles. The van der Waals surface area contributed by atoms with Gasteiger partial charge in [0.05, 0.1) is 22.7 Å². The Balaban J connectivity index is 1.55. The van der Waals surface area contributed by atoms with Gasteiger partial charge in [0.1, 0.15) is 5.57 Å². The first kappa shape index (κ1) is 29.1. The first-order valence-electron chi connectivity index (χ1n) is 11.7. The predicted octanol–water partition coefficient (Wildman–Crippen LogP) is 4.90. The monoisotopic (exact) mass is 598 g/mol. The molecule has 12 nitrogen and oxygen atoms in total. The number of carbonyl (C=O) groups is 4. The number of methoxy groups -OCH3 is 1. The number of halogens is 2. The summed E-state index contributed by atoms with van der Waals surface area (Å²) < 4.78 is 10.9. The van der Waals surface area contributed by atoms with Crippen LogP contribution in [0.2, 0.25) is 10.0 Å². The van der Waals surface area contributed by atoms with Crippen LogP contribution in [0.4, 0.5) is 21.9 Å². The molecule has 1 fully saturated rings. The molecule has 0 spiro atoms. The molecule has 210 valence electrons. The average Bonchev–Trinajstić information content (AvgIpc) is 2.92. The summed E-state index contributed by atoms with van der Waals surface area (Å²) in [6.07, 6.45) is 1.19. The molecule has 1 aliphatic heterocycles. The van der Waals surface area contributed by atoms with Gasteiger partial charge in [-0.05, 0) is 60.5 Å². The lowest BCUT2D eigenvalue weighted by Gasteiger charge is -2.26. The summed E-state index contributed by atoms with van der Waals surface area (Å²) in [5, 5.41) is 16.1. The van der Waals surface area contributed by atoms with Gasteiger partial charge in [-0.2, -0.15) is 0 Å². The molecule has 0 saturated carbocycles. The summed E-state index contributed by atoms with van der Waals surface area (Å²) in [5.74, 6) is -2.27. The van der Waals surface area contributed by atoms with Crippen molar-refractivity contribution in [1.29, 1.82) is 0 Å². The van der Waals surface area contributed by atoms with Crippen LogP contribution >= 0.6 is 23.2 Å². The second-order valence-electron chi connectivity index (χ2n) is 8.57. The van der Waals surface area contributed by atoms with E-state index in [0.29, 0.717) is 15.6 Å². The van der Waals surface area contributed by atoms with Crippen molar-refractivity contribution >= 4 is 70.1 Å². The number of nitro groups is 1. The van der Waals surface area contributed by atoms with Crippen molar-refractivity contribution in [1.82, 2.24) is 5.32 Å². The fourth-order valence-corrected chi connectivity index (χ4v) is 4.20. The third kappa shape index (κ3) is 6.45. The number of barbiturate groups is 1. The van der Waals surface area contributed by atoms with Crippen LogP contribution in [0.1, 0.15) is 11.1 Å². The number of nitrogens with zero attached hydrogens (tertiary/aromatic N) is 2. The van der Waals surface area contributed by atoms with Crippen molar-refractivity contribution in [3.8, 4) is 11.5 Å². The van der Waals surface area contributed by atoms with Crippen LogP contribution < -0.4 is 25.0 Å². The second kappa shape index (κ2) is 12.1. The Kier molecular flexibility index (Phi) is 8.55. The molecule has 3 aromatic carbocycles. The summed E-state index contributed by atoms with van der Waals surface area (Å²) >= 11 is 12.5. The number of benzene rings is 3. The maximum atomic E-state index is 13.1. The zero-order chi connectivity index (χ0) is 29.8. The summed E-state index contributed by atoms with van der Waals surface area (Å²) in [6.45, 7) is 1.41. The van der Waals surface area contributed by atoms with Crippen molar-refractivity contribution in [3.63, 3.8) is 0 Å². The lowest BCUT2D eigenvalue weighted by atomic mass is 10.1. The smallest absolute Gasteiger partial charge is 0.335 e. The number of hydrogen-bond acceptors (Lipinski definition) is 8. The van der Waals surface area contributed by atoms with E-state index < -0.39 is 40.9 Å². The highest BCUT2D eigenvalue weighted by Crippen LogP contribution is 2.37. The first-order chi connectivity index (χ1) is 19.5. The number of amides is 5. The molecule has 3 aromatic rings. The van der Waals surface area contributed by atoms with Crippen LogP contribution in [0.5, 0.6) is 11.5 Å². The topological polar surface area (TPSA) is 157 Å². The lowest BCUT2D eigenvalue weighted by Crippen LogP contribution is -2.54. The van der Waals surface area contributed by atoms with Crippen LogP contribution in [0.25, 0.3) is 6.08 Å². The molecule has 0 bridgehead atoms. The summed E-state index contributed by atoms with van der Waals surface area (Å²) in [7, 11) is 1.33. The molecule has 1 aliphatic rings. The van der Waals surface area contributed by atoms with Crippen molar-refractivity contribution in [2.24, 2.45) is 0 Å². The first-order valence-corrected chi connectivity index (χ1v) is 12.5. The van der Waals surface area contributed by atoms with Crippen LogP contribution in [0.3, 0.4) is 0 Å². The van der Waals surface area contributed by atoms with E-state index in [1.807, 2.05) is 6.92 Å². The number of carbonyl (C=O) groups excluding carboxylic acids is 4. The zero-order valence-corrected chi connectivity index (χ0v) is 22.9. The fourth-order valence-electron chi connectivity index (χ4n) is 3.75. The van der Waals surface area contributed by atoms with Gasteiger partial charge in [-0.15, -0.1) is 0 Å². The molecule has 5 amide bonds. The van der Waals surface area contributed by atoms with Crippen LogP contribution in [0.15, 0.2) is 60.2 Å². The molecule has 0 atom stereocenters. The number of nitro benzene ring substituents is 1. The molecule has 0 unspecified atom stereocenters. The van der Waals surface area contributed by atoms with Crippen molar-refractivity contribution in [2.75, 3.05) is 23.9 Å². The lowest BCUT2D eigenvalue weighted by molar-refractivity contribution is -0.384. The molecule has 14 heteroatoms. The molecule has 0 radical (unpaired) electrons. The fraction of sp³-hybridized carbons (Fsp3) is 0.111. The normalized spacial score (nSPS) is 14.1. The summed E-state index contributed by atoms with van der Waals surface area (Å²) in [5.41, 5.74) is 0.936. The quantitative estimate of drug-likeness (QED) is 0.160. The van der Waals surface area contributed by atoms with Crippen molar-refractivity contribution < 1.29 is 33.6 Å². The van der Waals surface area contributed by atoms with E-state index in [4.69, 9.17) is 32.7 Å². The Hall–Kier alpha value is -4.94. The second-order valence-corrected chi connectivity index (χ2v) is 9.38. The molecule has 0 aromatic heterocycles. The maximum Gasteiger partial charge on any atom is 0.335 e. The number of ether oxygens (including phenoxy) is 2. The molecule has 1 heterocycles.